The third-order valence-corrected chi connectivity index (χ3v) is 3.38. The number of hydrogen-bond acceptors (Lipinski definition) is 2. The van der Waals surface area contributed by atoms with Gasteiger partial charge >= 0.3 is 6.36 Å². The van der Waals surface area contributed by atoms with Crippen LogP contribution in [0.15, 0.2) is 41.9 Å². The monoisotopic (exact) mass is 455 g/mol. The van der Waals surface area contributed by atoms with E-state index in [9.17, 15) is 13.2 Å². The summed E-state index contributed by atoms with van der Waals surface area (Å²) < 4.78 is 41.5. The predicted molar refractivity (Wildman–Crippen MR) is 99.0 cm³/mol. The van der Waals surface area contributed by atoms with Crippen LogP contribution in [0.25, 0.3) is 0 Å². The van der Waals surface area contributed by atoms with Crippen molar-refractivity contribution in [3.05, 3.63) is 42.5 Å². The van der Waals surface area contributed by atoms with E-state index in [4.69, 9.17) is 0 Å². The van der Waals surface area contributed by atoms with Crippen molar-refractivity contribution in [3.63, 3.8) is 0 Å². The van der Waals surface area contributed by atoms with Gasteiger partial charge in [-0.05, 0) is 25.0 Å². The molecule has 24 heavy (non-hydrogen) atoms. The Labute approximate surface area is 156 Å². The molecule has 0 aromatic heterocycles. The topological polar surface area (TPSA) is 45.7 Å². The molecule has 0 spiro atoms. The molecule has 2 unspecified atom stereocenters. The first kappa shape index (κ1) is 20.6. The number of aliphatic imine (C=N–C) groups is 1. The van der Waals surface area contributed by atoms with E-state index in [0.717, 1.165) is 6.42 Å². The maximum atomic E-state index is 12.5. The number of guanidine groups is 1. The minimum atomic E-state index is -4.69. The highest BCUT2D eigenvalue weighted by atomic mass is 127. The van der Waals surface area contributed by atoms with Crippen LogP contribution in [0.3, 0.4) is 0 Å². The Kier molecular flexibility index (Phi) is 7.85. The second-order valence-electron chi connectivity index (χ2n) is 5.19. The van der Waals surface area contributed by atoms with E-state index >= 15 is 0 Å². The number of benzene rings is 1. The van der Waals surface area contributed by atoms with Crippen molar-refractivity contribution in [2.24, 2.45) is 4.99 Å². The van der Waals surface area contributed by atoms with Crippen LogP contribution in [-0.2, 0) is 0 Å². The fourth-order valence-electron chi connectivity index (χ4n) is 2.35. The van der Waals surface area contributed by atoms with Gasteiger partial charge in [0, 0.05) is 18.5 Å². The van der Waals surface area contributed by atoms with Crippen LogP contribution in [0, 0.1) is 0 Å². The van der Waals surface area contributed by atoms with Crippen molar-refractivity contribution >= 4 is 29.9 Å². The molecule has 2 N–H and O–H groups in total. The molecule has 134 valence electrons. The van der Waals surface area contributed by atoms with Crippen LogP contribution < -0.4 is 15.4 Å². The van der Waals surface area contributed by atoms with Crippen LogP contribution in [0.5, 0.6) is 5.75 Å². The Morgan fingerprint density at radius 3 is 2.75 bits per heavy atom. The Morgan fingerprint density at radius 2 is 2.12 bits per heavy atom. The lowest BCUT2D eigenvalue weighted by Crippen LogP contribution is -2.39. The number of halogens is 4. The van der Waals surface area contributed by atoms with E-state index in [2.05, 4.69) is 26.9 Å². The molecule has 0 heterocycles. The molecule has 1 aliphatic carbocycles. The summed E-state index contributed by atoms with van der Waals surface area (Å²) in [6.07, 6.45) is -2.28. The zero-order valence-electron chi connectivity index (χ0n) is 13.3. The molecule has 8 heteroatoms. The molecule has 2 rings (SSSR count). The van der Waals surface area contributed by atoms with E-state index in [-0.39, 0.29) is 41.7 Å². The van der Waals surface area contributed by atoms with Gasteiger partial charge in [0.1, 0.15) is 5.75 Å². The van der Waals surface area contributed by atoms with Crippen LogP contribution >= 0.6 is 24.0 Å². The van der Waals surface area contributed by atoms with Gasteiger partial charge in [0.15, 0.2) is 5.96 Å². The van der Waals surface area contributed by atoms with Gasteiger partial charge in [-0.2, -0.15) is 0 Å². The molecule has 1 saturated carbocycles. The van der Waals surface area contributed by atoms with Crippen LogP contribution in [-0.4, -0.2) is 31.5 Å². The van der Waals surface area contributed by atoms with Gasteiger partial charge in [0.2, 0.25) is 0 Å². The standard InChI is InChI=1S/C16H20F3N3O.HI/c1-3-9-21-15(20-4-2)22-13-10-12(13)11-7-5-6-8-14(11)23-16(17,18)19;/h3,5-8,12-13H,1,4,9-10H2,2H3,(H2,20,21,22);1H. The molecule has 0 bridgehead atoms. The molecule has 4 nitrogen and oxygen atoms in total. The van der Waals surface area contributed by atoms with Gasteiger partial charge < -0.3 is 15.4 Å². The van der Waals surface area contributed by atoms with E-state index in [1.165, 1.54) is 12.1 Å². The van der Waals surface area contributed by atoms with Crippen molar-refractivity contribution in [3.8, 4) is 5.75 Å². The fourth-order valence-corrected chi connectivity index (χ4v) is 2.35. The third kappa shape index (κ3) is 6.21. The summed E-state index contributed by atoms with van der Waals surface area (Å²) in [6, 6.07) is 6.29. The molecule has 0 saturated heterocycles. The largest absolute Gasteiger partial charge is 0.573 e. The number of hydrogen-bond donors (Lipinski definition) is 2. The summed E-state index contributed by atoms with van der Waals surface area (Å²) in [5.74, 6) is 0.470. The number of rotatable bonds is 6. The molecule has 0 amide bonds. The van der Waals surface area contributed by atoms with Crippen molar-refractivity contribution < 1.29 is 17.9 Å². The lowest BCUT2D eigenvalue weighted by atomic mass is 10.1. The molecule has 0 aliphatic heterocycles. The molecule has 1 aromatic carbocycles. The summed E-state index contributed by atoms with van der Waals surface area (Å²) >= 11 is 0. The first-order chi connectivity index (χ1) is 10.9. The average molecular weight is 455 g/mol. The number of nitrogens with one attached hydrogen (secondary N) is 2. The van der Waals surface area contributed by atoms with Crippen LogP contribution in [0.1, 0.15) is 24.8 Å². The van der Waals surface area contributed by atoms with Gasteiger partial charge in [-0.15, -0.1) is 43.7 Å². The Hall–Kier alpha value is -1.45. The van der Waals surface area contributed by atoms with Gasteiger partial charge in [-0.1, -0.05) is 24.3 Å². The minimum Gasteiger partial charge on any atom is -0.405 e. The normalized spacial score (nSPS) is 19.9. The fraction of sp³-hybridized carbons (Fsp3) is 0.438. The van der Waals surface area contributed by atoms with Gasteiger partial charge in [-0.25, -0.2) is 4.99 Å². The van der Waals surface area contributed by atoms with E-state index in [0.29, 0.717) is 24.6 Å². The number of para-hydroxylation sites is 1. The molecule has 2 atom stereocenters. The third-order valence-electron chi connectivity index (χ3n) is 3.38. The van der Waals surface area contributed by atoms with Crippen molar-refractivity contribution in [1.82, 2.24) is 10.6 Å². The molecule has 0 radical (unpaired) electrons. The number of alkyl halides is 3. The van der Waals surface area contributed by atoms with E-state index in [1.54, 1.807) is 18.2 Å². The average Bonchev–Trinajstić information content (AvgIpc) is 3.23. The maximum Gasteiger partial charge on any atom is 0.573 e. The van der Waals surface area contributed by atoms with Crippen LogP contribution in [0.2, 0.25) is 0 Å². The summed E-state index contributed by atoms with van der Waals surface area (Å²) in [4.78, 5) is 4.29. The SMILES string of the molecule is C=CCN=C(NCC)NC1CC1c1ccccc1OC(F)(F)F.I. The highest BCUT2D eigenvalue weighted by molar-refractivity contribution is 14.0. The predicted octanol–water partition coefficient (Wildman–Crippen LogP) is 3.80. The summed E-state index contributed by atoms with van der Waals surface area (Å²) in [7, 11) is 0. The van der Waals surface area contributed by atoms with E-state index in [1.807, 2.05) is 6.92 Å². The Bertz CT molecular complexity index is 578. The zero-order chi connectivity index (χ0) is 16.9. The smallest absolute Gasteiger partial charge is 0.405 e. The second kappa shape index (κ2) is 9.14. The molecule has 1 aromatic rings. The highest BCUT2D eigenvalue weighted by Crippen LogP contribution is 2.45. The van der Waals surface area contributed by atoms with Gasteiger partial charge in [0.05, 0.1) is 6.54 Å². The summed E-state index contributed by atoms with van der Waals surface area (Å²) in [5.41, 5.74) is 0.557. The quantitative estimate of drug-likeness (QED) is 0.297. The molecule has 1 aliphatic rings. The maximum absolute atomic E-state index is 12.5. The van der Waals surface area contributed by atoms with Crippen LogP contribution in [0.4, 0.5) is 13.2 Å². The van der Waals surface area contributed by atoms with Crippen molar-refractivity contribution in [2.45, 2.75) is 31.7 Å². The Morgan fingerprint density at radius 1 is 1.42 bits per heavy atom. The minimum absolute atomic E-state index is 0. The molecular formula is C16H21F3IN3O. The number of nitrogens with zero attached hydrogens (tertiary/aromatic N) is 1. The van der Waals surface area contributed by atoms with Crippen molar-refractivity contribution in [2.75, 3.05) is 13.1 Å². The van der Waals surface area contributed by atoms with Gasteiger partial charge in [-0.3, -0.25) is 0 Å². The first-order valence-electron chi connectivity index (χ1n) is 7.45. The van der Waals surface area contributed by atoms with Gasteiger partial charge in [0.25, 0.3) is 0 Å². The second-order valence-corrected chi connectivity index (χ2v) is 5.19. The summed E-state index contributed by atoms with van der Waals surface area (Å²) in [5, 5.41) is 6.31. The lowest BCUT2D eigenvalue weighted by molar-refractivity contribution is -0.274. The van der Waals surface area contributed by atoms with E-state index < -0.39 is 6.36 Å². The highest BCUT2D eigenvalue weighted by Gasteiger charge is 2.42. The first-order valence-corrected chi connectivity index (χ1v) is 7.45. The lowest BCUT2D eigenvalue weighted by Gasteiger charge is -2.14. The zero-order valence-corrected chi connectivity index (χ0v) is 15.6. The summed E-state index contributed by atoms with van der Waals surface area (Å²) in [6.45, 7) is 6.73. The number of ether oxygens (including phenoxy) is 1. The Balaban J connectivity index is 0.00000288. The van der Waals surface area contributed by atoms with Crippen molar-refractivity contribution in [1.29, 1.82) is 0 Å². The molecule has 1 fully saturated rings. The molecular weight excluding hydrogens is 434 g/mol.